The zero-order chi connectivity index (χ0) is 35.2. The third kappa shape index (κ3) is 10.1. The van der Waals surface area contributed by atoms with E-state index in [1.807, 2.05) is 98.8 Å². The summed E-state index contributed by atoms with van der Waals surface area (Å²) in [5.74, 6) is -0.0613. The lowest BCUT2D eigenvalue weighted by atomic mass is 9.82. The highest BCUT2D eigenvalue weighted by atomic mass is 16.5. The Balaban J connectivity index is 1.57. The van der Waals surface area contributed by atoms with Crippen LogP contribution in [-0.2, 0) is 33.7 Å². The summed E-state index contributed by atoms with van der Waals surface area (Å²) in [7, 11) is 1.62. The summed E-state index contributed by atoms with van der Waals surface area (Å²) >= 11 is 0. The lowest BCUT2D eigenvalue weighted by molar-refractivity contribution is -0.142. The van der Waals surface area contributed by atoms with Gasteiger partial charge in [0.25, 0.3) is 0 Å². The molecule has 10 nitrogen and oxygen atoms in total. The molecule has 10 heteroatoms. The van der Waals surface area contributed by atoms with Gasteiger partial charge in [0.05, 0.1) is 25.9 Å². The number of hydrogen-bond acceptors (Lipinski definition) is 7. The van der Waals surface area contributed by atoms with Gasteiger partial charge in [-0.2, -0.15) is 0 Å². The molecule has 49 heavy (non-hydrogen) atoms. The van der Waals surface area contributed by atoms with Crippen molar-refractivity contribution in [2.45, 2.75) is 83.1 Å². The van der Waals surface area contributed by atoms with Crippen LogP contribution < -0.4 is 20.7 Å². The third-order valence-electron chi connectivity index (χ3n) is 9.58. The molecule has 3 aromatic carbocycles. The molecular formula is C39H52N4O6. The van der Waals surface area contributed by atoms with Gasteiger partial charge in [0.2, 0.25) is 11.8 Å². The number of alkyl carbamates (subject to hydrolysis) is 1. The van der Waals surface area contributed by atoms with Crippen LogP contribution in [0.1, 0.15) is 56.7 Å². The first-order valence-corrected chi connectivity index (χ1v) is 17.4. The van der Waals surface area contributed by atoms with Crippen molar-refractivity contribution in [1.82, 2.24) is 20.9 Å². The van der Waals surface area contributed by atoms with Gasteiger partial charge in [-0.25, -0.2) is 4.79 Å². The second-order valence-electron chi connectivity index (χ2n) is 12.8. The van der Waals surface area contributed by atoms with E-state index >= 15 is 0 Å². The van der Waals surface area contributed by atoms with Crippen molar-refractivity contribution in [2.24, 2.45) is 5.92 Å². The second kappa shape index (κ2) is 18.4. The molecule has 0 spiro atoms. The van der Waals surface area contributed by atoms with Crippen molar-refractivity contribution in [2.75, 3.05) is 26.8 Å². The second-order valence-corrected chi connectivity index (χ2v) is 12.8. The fourth-order valence-electron chi connectivity index (χ4n) is 6.55. The van der Waals surface area contributed by atoms with Gasteiger partial charge in [0.1, 0.15) is 17.3 Å². The van der Waals surface area contributed by atoms with E-state index in [0.29, 0.717) is 45.2 Å². The van der Waals surface area contributed by atoms with Gasteiger partial charge in [-0.05, 0) is 67.3 Å². The number of carbonyl (C=O) groups is 3. The summed E-state index contributed by atoms with van der Waals surface area (Å²) in [5.41, 5.74) is 1.84. The Labute approximate surface area is 290 Å². The maximum Gasteiger partial charge on any atom is 0.407 e. The number of benzene rings is 3. The quantitative estimate of drug-likeness (QED) is 0.155. The van der Waals surface area contributed by atoms with E-state index in [1.54, 1.807) is 18.9 Å². The number of nitrogens with one attached hydrogen (secondary N) is 3. The molecule has 0 aromatic heterocycles. The van der Waals surface area contributed by atoms with Crippen LogP contribution in [0.2, 0.25) is 0 Å². The van der Waals surface area contributed by atoms with E-state index in [0.717, 1.165) is 22.4 Å². The molecule has 1 aliphatic heterocycles. The van der Waals surface area contributed by atoms with Crippen LogP contribution in [-0.4, -0.2) is 78.4 Å². The first-order valence-electron chi connectivity index (χ1n) is 17.4. The van der Waals surface area contributed by atoms with Gasteiger partial charge >= 0.3 is 6.09 Å². The van der Waals surface area contributed by atoms with Crippen molar-refractivity contribution >= 4 is 17.9 Å². The zero-order valence-electron chi connectivity index (χ0n) is 29.2. The minimum Gasteiger partial charge on any atom is -0.497 e. The molecule has 0 radical (unpaired) electrons. The van der Waals surface area contributed by atoms with Crippen molar-refractivity contribution < 1.29 is 29.0 Å². The average molecular weight is 673 g/mol. The summed E-state index contributed by atoms with van der Waals surface area (Å²) in [6, 6.07) is 25.8. The van der Waals surface area contributed by atoms with Gasteiger partial charge in [-0.15, -0.1) is 0 Å². The van der Waals surface area contributed by atoms with E-state index in [-0.39, 0.29) is 30.9 Å². The average Bonchev–Trinajstić information content (AvgIpc) is 3.44. The van der Waals surface area contributed by atoms with Crippen molar-refractivity contribution in [3.8, 4) is 5.75 Å². The van der Waals surface area contributed by atoms with Crippen molar-refractivity contribution in [1.29, 1.82) is 0 Å². The molecule has 4 N–H and O–H groups in total. The number of aryl methyl sites for hydroxylation is 1. The summed E-state index contributed by atoms with van der Waals surface area (Å²) in [5, 5.41) is 20.8. The van der Waals surface area contributed by atoms with Crippen LogP contribution in [0.5, 0.6) is 5.75 Å². The maximum atomic E-state index is 14.4. The summed E-state index contributed by atoms with van der Waals surface area (Å²) < 4.78 is 10.5. The number of likely N-dealkylation sites (tertiary alicyclic amines) is 1. The number of methoxy groups -OCH3 is 1. The molecule has 0 bridgehead atoms. The van der Waals surface area contributed by atoms with Gasteiger partial charge in [-0.3, -0.25) is 9.59 Å². The summed E-state index contributed by atoms with van der Waals surface area (Å²) in [6.45, 7) is 6.86. The Morgan fingerprint density at radius 3 is 2.29 bits per heavy atom. The highest BCUT2D eigenvalue weighted by Crippen LogP contribution is 2.35. The van der Waals surface area contributed by atoms with E-state index in [9.17, 15) is 19.5 Å². The Morgan fingerprint density at radius 1 is 0.959 bits per heavy atom. The first-order chi connectivity index (χ1) is 23.7. The monoisotopic (exact) mass is 672 g/mol. The van der Waals surface area contributed by atoms with Crippen LogP contribution in [0.4, 0.5) is 4.79 Å². The van der Waals surface area contributed by atoms with Crippen molar-refractivity contribution in [3.05, 3.63) is 102 Å². The minimum atomic E-state index is -1.18. The van der Waals surface area contributed by atoms with Gasteiger partial charge in [-0.1, -0.05) is 93.1 Å². The molecule has 264 valence electrons. The predicted octanol–water partition coefficient (Wildman–Crippen LogP) is 4.64. The molecule has 0 saturated carbocycles. The number of rotatable bonds is 18. The number of nitrogens with zero attached hydrogens (tertiary/aromatic N) is 1. The molecule has 1 heterocycles. The molecule has 4 rings (SSSR count). The molecule has 1 saturated heterocycles. The standard InChI is InChI=1S/C39H52N4O6/c1-5-28(3)39(42-38(47)49-6-2)22-23-43(37(39)46)34(21-20-29-14-9-7-10-15-29)36(45)41-33(25-30-16-11-8-12-17-30)35(44)27-40-26-31-18-13-19-32(24-31)48-4/h7-19,24,28,33-35,40,44H,5-6,20-23,25-27H2,1-4H3,(H,41,45)(H,42,47)/t28-,33-,34-,35-,39?/m0/s1. The van der Waals surface area contributed by atoms with Gasteiger partial charge in [0, 0.05) is 19.6 Å². The molecule has 3 aromatic rings. The van der Waals surface area contributed by atoms with E-state index in [1.165, 1.54) is 0 Å². The number of ether oxygens (including phenoxy) is 2. The number of aliphatic hydroxyl groups is 1. The Kier molecular flexibility index (Phi) is 14.0. The first kappa shape index (κ1) is 37.4. The van der Waals surface area contributed by atoms with E-state index in [2.05, 4.69) is 16.0 Å². The normalized spacial score (nSPS) is 18.3. The SMILES string of the molecule is CCOC(=O)NC1([C@@H](C)CC)CCN([C@@H](CCc2ccccc2)C(=O)N[C@@H](Cc2ccccc2)[C@@H](O)CNCc2cccc(OC)c2)C1=O. The molecule has 3 amide bonds. The van der Waals surface area contributed by atoms with Gasteiger partial charge < -0.3 is 35.4 Å². The molecular weight excluding hydrogens is 620 g/mol. The molecule has 0 aliphatic carbocycles. The third-order valence-corrected chi connectivity index (χ3v) is 9.58. The Hall–Kier alpha value is -4.41. The van der Waals surface area contributed by atoms with Crippen LogP contribution >= 0.6 is 0 Å². The lowest BCUT2D eigenvalue weighted by Crippen LogP contribution is -2.61. The van der Waals surface area contributed by atoms with Crippen LogP contribution in [0, 0.1) is 5.92 Å². The largest absolute Gasteiger partial charge is 0.497 e. The highest BCUT2D eigenvalue weighted by molar-refractivity contribution is 5.96. The fraction of sp³-hybridized carbons (Fsp3) is 0.462. The minimum absolute atomic E-state index is 0.182. The highest BCUT2D eigenvalue weighted by Gasteiger charge is 2.53. The Morgan fingerprint density at radius 2 is 1.63 bits per heavy atom. The predicted molar refractivity (Wildman–Crippen MR) is 190 cm³/mol. The number of aliphatic hydroxyl groups excluding tert-OH is 1. The molecule has 5 atom stereocenters. The van der Waals surface area contributed by atoms with Crippen LogP contribution in [0.15, 0.2) is 84.9 Å². The summed E-state index contributed by atoms with van der Waals surface area (Å²) in [6.07, 6.45) is 0.784. The van der Waals surface area contributed by atoms with Crippen LogP contribution in [0.3, 0.4) is 0 Å². The Bertz CT molecular complexity index is 1490. The zero-order valence-corrected chi connectivity index (χ0v) is 29.2. The van der Waals surface area contributed by atoms with Gasteiger partial charge in [0.15, 0.2) is 0 Å². The topological polar surface area (TPSA) is 129 Å². The number of hydrogen-bond donors (Lipinski definition) is 4. The van der Waals surface area contributed by atoms with E-state index in [4.69, 9.17) is 9.47 Å². The number of amides is 3. The van der Waals surface area contributed by atoms with E-state index < -0.39 is 29.8 Å². The van der Waals surface area contributed by atoms with Crippen molar-refractivity contribution in [3.63, 3.8) is 0 Å². The fourth-order valence-corrected chi connectivity index (χ4v) is 6.55. The summed E-state index contributed by atoms with van der Waals surface area (Å²) in [4.78, 5) is 43.0. The lowest BCUT2D eigenvalue weighted by Gasteiger charge is -2.36. The smallest absolute Gasteiger partial charge is 0.407 e. The molecule has 1 fully saturated rings. The molecule has 1 aliphatic rings. The number of carbonyl (C=O) groups excluding carboxylic acids is 3. The van der Waals surface area contributed by atoms with Crippen LogP contribution in [0.25, 0.3) is 0 Å². The molecule has 1 unspecified atom stereocenters. The maximum absolute atomic E-state index is 14.4.